The third kappa shape index (κ3) is 3.55. The Kier molecular flexibility index (Phi) is 4.59. The molecule has 1 aromatic heterocycles. The molecule has 0 bridgehead atoms. The van der Waals surface area contributed by atoms with Gasteiger partial charge in [0.25, 0.3) is 0 Å². The average molecular weight is 287 g/mol. The molecule has 2 atom stereocenters. The normalized spacial score (nSPS) is 21.1. The summed E-state index contributed by atoms with van der Waals surface area (Å²) >= 11 is 0. The minimum absolute atomic E-state index is 0.214. The van der Waals surface area contributed by atoms with Crippen LogP contribution in [0.1, 0.15) is 19.2 Å². The molecule has 2 heterocycles. The molecule has 2 rings (SSSR count). The molecule has 0 radical (unpaired) electrons. The fourth-order valence-electron chi connectivity index (χ4n) is 2.30. The molecule has 6 nitrogen and oxygen atoms in total. The van der Waals surface area contributed by atoms with E-state index in [1.54, 1.807) is 13.1 Å². The SMILES string of the molecule is COC[C@H](C)S(=O)(=O)NC[C@H]1CCc2nccn2C1. The summed E-state index contributed by atoms with van der Waals surface area (Å²) in [6, 6.07) is 0. The second-order valence-corrected chi connectivity index (χ2v) is 7.24. The summed E-state index contributed by atoms with van der Waals surface area (Å²) in [5.74, 6) is 1.41. The van der Waals surface area contributed by atoms with E-state index in [1.165, 1.54) is 7.11 Å². The Labute approximate surface area is 114 Å². The number of imidazole rings is 1. The van der Waals surface area contributed by atoms with E-state index in [2.05, 4.69) is 14.3 Å². The molecule has 0 saturated heterocycles. The lowest BCUT2D eigenvalue weighted by Gasteiger charge is -2.24. The Morgan fingerprint density at radius 3 is 3.16 bits per heavy atom. The summed E-state index contributed by atoms with van der Waals surface area (Å²) in [6.07, 6.45) is 5.62. The van der Waals surface area contributed by atoms with Crippen LogP contribution in [-0.2, 0) is 27.7 Å². The zero-order chi connectivity index (χ0) is 13.9. The number of hydrogen-bond donors (Lipinski definition) is 1. The lowest BCUT2D eigenvalue weighted by molar-refractivity contribution is 0.200. The van der Waals surface area contributed by atoms with Crippen molar-refractivity contribution in [3.05, 3.63) is 18.2 Å². The zero-order valence-electron chi connectivity index (χ0n) is 11.4. The van der Waals surface area contributed by atoms with Gasteiger partial charge in [-0.05, 0) is 19.3 Å². The van der Waals surface area contributed by atoms with Crippen molar-refractivity contribution in [1.82, 2.24) is 14.3 Å². The second kappa shape index (κ2) is 6.02. The molecule has 0 amide bonds. The predicted octanol–water partition coefficient (Wildman–Crippen LogP) is 0.400. The Balaban J connectivity index is 1.87. The number of aromatic nitrogens is 2. The second-order valence-electron chi connectivity index (χ2n) is 5.06. The highest BCUT2D eigenvalue weighted by Gasteiger charge is 2.24. The number of hydrogen-bond acceptors (Lipinski definition) is 4. The van der Waals surface area contributed by atoms with Crippen LogP contribution in [0.5, 0.6) is 0 Å². The van der Waals surface area contributed by atoms with E-state index in [9.17, 15) is 8.42 Å². The number of nitrogens with one attached hydrogen (secondary N) is 1. The fraction of sp³-hybridized carbons (Fsp3) is 0.750. The van der Waals surface area contributed by atoms with Crippen molar-refractivity contribution in [3.8, 4) is 0 Å². The highest BCUT2D eigenvalue weighted by molar-refractivity contribution is 7.90. The van der Waals surface area contributed by atoms with E-state index in [0.717, 1.165) is 25.2 Å². The summed E-state index contributed by atoms with van der Waals surface area (Å²) < 4.78 is 33.6. The Morgan fingerprint density at radius 1 is 1.63 bits per heavy atom. The van der Waals surface area contributed by atoms with Crippen LogP contribution >= 0.6 is 0 Å². The van der Waals surface area contributed by atoms with Crippen molar-refractivity contribution >= 4 is 10.0 Å². The maximum atomic E-state index is 11.9. The molecule has 0 saturated carbocycles. The van der Waals surface area contributed by atoms with Crippen LogP contribution in [0.3, 0.4) is 0 Å². The maximum Gasteiger partial charge on any atom is 0.216 e. The van der Waals surface area contributed by atoms with Crippen molar-refractivity contribution in [3.63, 3.8) is 0 Å². The highest BCUT2D eigenvalue weighted by atomic mass is 32.2. The summed E-state index contributed by atoms with van der Waals surface area (Å²) in [5.41, 5.74) is 0. The lowest BCUT2D eigenvalue weighted by Crippen LogP contribution is -2.39. The van der Waals surface area contributed by atoms with E-state index < -0.39 is 15.3 Å². The van der Waals surface area contributed by atoms with Crippen LogP contribution < -0.4 is 4.72 Å². The Bertz CT molecular complexity index is 512. The van der Waals surface area contributed by atoms with Crippen molar-refractivity contribution in [2.24, 2.45) is 5.92 Å². The molecular formula is C12H21N3O3S. The van der Waals surface area contributed by atoms with Gasteiger partial charge in [-0.25, -0.2) is 18.1 Å². The first kappa shape index (κ1) is 14.5. The van der Waals surface area contributed by atoms with Crippen LogP contribution in [0, 0.1) is 5.92 Å². The highest BCUT2D eigenvalue weighted by Crippen LogP contribution is 2.18. The smallest absolute Gasteiger partial charge is 0.216 e. The van der Waals surface area contributed by atoms with E-state index in [4.69, 9.17) is 4.74 Å². The zero-order valence-corrected chi connectivity index (χ0v) is 12.2. The number of rotatable bonds is 6. The molecule has 0 unspecified atom stereocenters. The number of ether oxygens (including phenoxy) is 1. The van der Waals surface area contributed by atoms with Crippen LogP contribution in [-0.4, -0.2) is 43.5 Å². The Hall–Kier alpha value is -0.920. The van der Waals surface area contributed by atoms with Crippen LogP contribution in [0.4, 0.5) is 0 Å². The minimum Gasteiger partial charge on any atom is -0.383 e. The third-order valence-corrected chi connectivity index (χ3v) is 5.30. The fourth-order valence-corrected chi connectivity index (χ4v) is 3.37. The standard InChI is InChI=1S/C12H21N3O3S/c1-10(9-18-2)19(16,17)14-7-11-3-4-12-13-5-6-15(12)8-11/h5-6,10-11,14H,3-4,7-9H2,1-2H3/t10-,11+/m0/s1. The molecule has 1 aromatic rings. The number of aryl methyl sites for hydroxylation is 1. The largest absolute Gasteiger partial charge is 0.383 e. The molecule has 1 aliphatic heterocycles. The first-order valence-electron chi connectivity index (χ1n) is 6.50. The van der Waals surface area contributed by atoms with Crippen molar-refractivity contribution in [2.75, 3.05) is 20.3 Å². The lowest BCUT2D eigenvalue weighted by atomic mass is 10.00. The van der Waals surface area contributed by atoms with Gasteiger partial charge in [0.2, 0.25) is 10.0 Å². The van der Waals surface area contributed by atoms with Gasteiger partial charge in [0.1, 0.15) is 5.82 Å². The van der Waals surface area contributed by atoms with E-state index in [0.29, 0.717) is 12.5 Å². The monoisotopic (exact) mass is 287 g/mol. The Morgan fingerprint density at radius 2 is 2.42 bits per heavy atom. The first-order valence-corrected chi connectivity index (χ1v) is 8.05. The van der Waals surface area contributed by atoms with Gasteiger partial charge in [0.05, 0.1) is 11.9 Å². The number of nitrogens with zero attached hydrogens (tertiary/aromatic N) is 2. The van der Waals surface area contributed by atoms with E-state index in [1.807, 2.05) is 6.20 Å². The summed E-state index contributed by atoms with van der Waals surface area (Å²) in [5, 5.41) is -0.523. The van der Waals surface area contributed by atoms with E-state index >= 15 is 0 Å². The molecule has 7 heteroatoms. The van der Waals surface area contributed by atoms with Gasteiger partial charge >= 0.3 is 0 Å². The molecule has 0 fully saturated rings. The van der Waals surface area contributed by atoms with E-state index in [-0.39, 0.29) is 6.61 Å². The maximum absolute atomic E-state index is 11.9. The van der Waals surface area contributed by atoms with Gasteiger partial charge in [-0.1, -0.05) is 0 Å². The molecule has 0 spiro atoms. The summed E-state index contributed by atoms with van der Waals surface area (Å²) in [7, 11) is -1.78. The molecule has 108 valence electrons. The molecule has 0 aliphatic carbocycles. The number of fused-ring (bicyclic) bond motifs is 1. The van der Waals surface area contributed by atoms with Gasteiger partial charge in [-0.3, -0.25) is 0 Å². The van der Waals surface area contributed by atoms with Crippen LogP contribution in [0.15, 0.2) is 12.4 Å². The molecule has 1 N–H and O–H groups in total. The van der Waals surface area contributed by atoms with Gasteiger partial charge in [0.15, 0.2) is 0 Å². The van der Waals surface area contributed by atoms with Gasteiger partial charge < -0.3 is 9.30 Å². The molecule has 1 aliphatic rings. The van der Waals surface area contributed by atoms with Crippen LogP contribution in [0.25, 0.3) is 0 Å². The average Bonchev–Trinajstić information content (AvgIpc) is 2.84. The van der Waals surface area contributed by atoms with Gasteiger partial charge in [-0.2, -0.15) is 0 Å². The topological polar surface area (TPSA) is 73.2 Å². The molecular weight excluding hydrogens is 266 g/mol. The predicted molar refractivity (Wildman–Crippen MR) is 72.3 cm³/mol. The van der Waals surface area contributed by atoms with Crippen LogP contribution in [0.2, 0.25) is 0 Å². The summed E-state index contributed by atoms with van der Waals surface area (Å²) in [6.45, 7) is 3.18. The third-order valence-electron chi connectivity index (χ3n) is 3.54. The van der Waals surface area contributed by atoms with Crippen molar-refractivity contribution < 1.29 is 13.2 Å². The number of methoxy groups -OCH3 is 1. The minimum atomic E-state index is -3.29. The molecule has 19 heavy (non-hydrogen) atoms. The quantitative estimate of drug-likeness (QED) is 0.822. The number of sulfonamides is 1. The van der Waals surface area contributed by atoms with Crippen molar-refractivity contribution in [2.45, 2.75) is 31.6 Å². The molecule has 0 aromatic carbocycles. The van der Waals surface area contributed by atoms with Crippen molar-refractivity contribution in [1.29, 1.82) is 0 Å². The van der Waals surface area contributed by atoms with Gasteiger partial charge in [0, 0.05) is 39.0 Å². The van der Waals surface area contributed by atoms with Gasteiger partial charge in [-0.15, -0.1) is 0 Å². The first-order chi connectivity index (χ1) is 9.03. The summed E-state index contributed by atoms with van der Waals surface area (Å²) in [4.78, 5) is 4.26.